The minimum Gasteiger partial charge on any atom is -0.497 e. The summed E-state index contributed by atoms with van der Waals surface area (Å²) < 4.78 is 10.7. The van der Waals surface area contributed by atoms with E-state index >= 15 is 0 Å². The van der Waals surface area contributed by atoms with Crippen LogP contribution < -0.4 is 14.8 Å². The van der Waals surface area contributed by atoms with Crippen molar-refractivity contribution in [3.63, 3.8) is 0 Å². The summed E-state index contributed by atoms with van der Waals surface area (Å²) in [6.45, 7) is 4.59. The quantitative estimate of drug-likeness (QED) is 0.526. The number of methoxy groups -OCH3 is 2. The number of aryl methyl sites for hydroxylation is 1. The molecule has 0 spiro atoms. The lowest BCUT2D eigenvalue weighted by Gasteiger charge is -2.20. The third-order valence-corrected chi connectivity index (χ3v) is 5.45. The zero-order valence-electron chi connectivity index (χ0n) is 17.1. The van der Waals surface area contributed by atoms with E-state index in [4.69, 9.17) is 21.1 Å². The first-order valence-corrected chi connectivity index (χ1v) is 9.80. The van der Waals surface area contributed by atoms with Crippen LogP contribution in [0.1, 0.15) is 33.9 Å². The van der Waals surface area contributed by atoms with Crippen LogP contribution >= 0.6 is 11.6 Å². The molecule has 0 aliphatic rings. The van der Waals surface area contributed by atoms with Gasteiger partial charge < -0.3 is 19.9 Å². The van der Waals surface area contributed by atoms with Gasteiger partial charge in [0.05, 0.1) is 14.2 Å². The van der Waals surface area contributed by atoms with Crippen LogP contribution in [0.4, 0.5) is 5.69 Å². The van der Waals surface area contributed by atoms with Gasteiger partial charge in [-0.2, -0.15) is 0 Å². The molecule has 1 unspecified atom stereocenters. The van der Waals surface area contributed by atoms with Gasteiger partial charge in [-0.15, -0.1) is 0 Å². The van der Waals surface area contributed by atoms with Crippen LogP contribution in [0.5, 0.6) is 11.5 Å². The van der Waals surface area contributed by atoms with Gasteiger partial charge in [-0.05, 0) is 60.9 Å². The smallest absolute Gasteiger partial charge is 0.127 e. The molecule has 0 saturated carbocycles. The largest absolute Gasteiger partial charge is 0.497 e. The van der Waals surface area contributed by atoms with Crippen LogP contribution in [-0.2, 0) is 6.54 Å². The van der Waals surface area contributed by atoms with Gasteiger partial charge in [0.15, 0.2) is 0 Å². The Morgan fingerprint density at radius 1 is 0.966 bits per heavy atom. The summed E-state index contributed by atoms with van der Waals surface area (Å²) in [5.74, 6) is 1.48. The van der Waals surface area contributed by atoms with Gasteiger partial charge >= 0.3 is 0 Å². The first-order valence-electron chi connectivity index (χ1n) is 9.43. The molecule has 3 rings (SSSR count). The highest BCUT2D eigenvalue weighted by molar-refractivity contribution is 6.30. The zero-order valence-corrected chi connectivity index (χ0v) is 17.9. The Balaban J connectivity index is 1.91. The molecule has 0 radical (unpaired) electrons. The number of aliphatic hydroxyl groups excluding tert-OH is 1. The second kappa shape index (κ2) is 9.21. The SMILES string of the molecule is COc1ccc(CNc2ccc(Cl)cc2C(O)c2cccc(C)c2C)c(OC)c1. The molecule has 0 saturated heterocycles. The molecule has 0 aromatic heterocycles. The molecule has 1 atom stereocenters. The van der Waals surface area contributed by atoms with E-state index in [0.29, 0.717) is 11.6 Å². The molecule has 0 fully saturated rings. The van der Waals surface area contributed by atoms with Crippen LogP contribution in [-0.4, -0.2) is 19.3 Å². The number of hydrogen-bond donors (Lipinski definition) is 2. The Hall–Kier alpha value is -2.69. The molecule has 0 heterocycles. The molecule has 0 aliphatic carbocycles. The van der Waals surface area contributed by atoms with Crippen LogP contribution in [0.25, 0.3) is 0 Å². The van der Waals surface area contributed by atoms with Gasteiger partial charge in [0.2, 0.25) is 0 Å². The summed E-state index contributed by atoms with van der Waals surface area (Å²) in [7, 11) is 3.26. The Bertz CT molecular complexity index is 1000. The van der Waals surface area contributed by atoms with Crippen molar-refractivity contribution in [1.29, 1.82) is 0 Å². The van der Waals surface area contributed by atoms with E-state index in [0.717, 1.165) is 45.0 Å². The van der Waals surface area contributed by atoms with Gasteiger partial charge in [0, 0.05) is 34.4 Å². The van der Waals surface area contributed by atoms with Gasteiger partial charge in [-0.1, -0.05) is 29.8 Å². The van der Waals surface area contributed by atoms with E-state index < -0.39 is 6.10 Å². The molecule has 2 N–H and O–H groups in total. The van der Waals surface area contributed by atoms with Crippen molar-refractivity contribution in [3.05, 3.63) is 87.4 Å². The monoisotopic (exact) mass is 411 g/mol. The van der Waals surface area contributed by atoms with Crippen LogP contribution in [0.3, 0.4) is 0 Å². The highest BCUT2D eigenvalue weighted by atomic mass is 35.5. The van der Waals surface area contributed by atoms with Crippen LogP contribution in [0.15, 0.2) is 54.6 Å². The van der Waals surface area contributed by atoms with Crippen molar-refractivity contribution in [2.75, 3.05) is 19.5 Å². The predicted molar refractivity (Wildman–Crippen MR) is 118 cm³/mol. The maximum atomic E-state index is 11.1. The highest BCUT2D eigenvalue weighted by Gasteiger charge is 2.18. The fraction of sp³-hybridized carbons (Fsp3) is 0.250. The minimum absolute atomic E-state index is 0.529. The number of benzene rings is 3. The number of aliphatic hydroxyl groups is 1. The Morgan fingerprint density at radius 3 is 2.48 bits per heavy atom. The van der Waals surface area contributed by atoms with Crippen LogP contribution in [0, 0.1) is 13.8 Å². The second-order valence-corrected chi connectivity index (χ2v) is 7.39. The number of rotatable bonds is 7. The number of anilines is 1. The maximum absolute atomic E-state index is 11.1. The molecule has 3 aromatic carbocycles. The second-order valence-electron chi connectivity index (χ2n) is 6.95. The van der Waals surface area contributed by atoms with E-state index in [1.807, 2.05) is 68.4 Å². The lowest BCUT2D eigenvalue weighted by atomic mass is 9.94. The highest BCUT2D eigenvalue weighted by Crippen LogP contribution is 2.34. The molecular weight excluding hydrogens is 386 g/mol. The van der Waals surface area contributed by atoms with Crippen molar-refractivity contribution in [2.24, 2.45) is 0 Å². The lowest BCUT2D eigenvalue weighted by Crippen LogP contribution is -2.09. The Morgan fingerprint density at radius 2 is 1.76 bits per heavy atom. The number of hydrogen-bond acceptors (Lipinski definition) is 4. The standard InChI is InChI=1S/C24H26ClNO3/c1-15-6-5-7-20(16(15)2)24(27)21-12-18(25)9-11-22(21)26-14-17-8-10-19(28-3)13-23(17)29-4/h5-13,24,26-27H,14H2,1-4H3. The number of ether oxygens (including phenoxy) is 2. The average molecular weight is 412 g/mol. The molecule has 0 aliphatic heterocycles. The minimum atomic E-state index is -0.783. The zero-order chi connectivity index (χ0) is 21.0. The summed E-state index contributed by atoms with van der Waals surface area (Å²) >= 11 is 6.24. The van der Waals surface area contributed by atoms with Crippen molar-refractivity contribution in [1.82, 2.24) is 0 Å². The first-order chi connectivity index (χ1) is 13.9. The van der Waals surface area contributed by atoms with E-state index in [1.54, 1.807) is 14.2 Å². The topological polar surface area (TPSA) is 50.7 Å². The molecule has 29 heavy (non-hydrogen) atoms. The molecular formula is C24H26ClNO3. The van der Waals surface area contributed by atoms with Gasteiger partial charge in [-0.25, -0.2) is 0 Å². The van der Waals surface area contributed by atoms with E-state index in [9.17, 15) is 5.11 Å². The third-order valence-electron chi connectivity index (χ3n) is 5.21. The molecule has 0 amide bonds. The molecule has 3 aromatic rings. The predicted octanol–water partition coefficient (Wildman–Crippen LogP) is 5.67. The normalized spacial score (nSPS) is 11.8. The lowest BCUT2D eigenvalue weighted by molar-refractivity contribution is 0.220. The molecule has 0 bridgehead atoms. The summed E-state index contributed by atoms with van der Waals surface area (Å²) in [6, 6.07) is 17.2. The Labute approximate surface area is 177 Å². The fourth-order valence-corrected chi connectivity index (χ4v) is 3.53. The molecule has 5 heteroatoms. The van der Waals surface area contributed by atoms with Gasteiger partial charge in [0.1, 0.15) is 17.6 Å². The third kappa shape index (κ3) is 4.66. The Kier molecular flexibility index (Phi) is 6.68. The van der Waals surface area contributed by atoms with E-state index in [1.165, 1.54) is 0 Å². The summed E-state index contributed by atoms with van der Waals surface area (Å²) in [6.07, 6.45) is -0.783. The summed E-state index contributed by atoms with van der Waals surface area (Å²) in [5, 5.41) is 15.1. The first kappa shape index (κ1) is 21.0. The van der Waals surface area contributed by atoms with Crippen LogP contribution in [0.2, 0.25) is 5.02 Å². The summed E-state index contributed by atoms with van der Waals surface area (Å²) in [5.41, 5.74) is 5.62. The average Bonchev–Trinajstić information content (AvgIpc) is 2.74. The van der Waals surface area contributed by atoms with Crippen molar-refractivity contribution < 1.29 is 14.6 Å². The van der Waals surface area contributed by atoms with Gasteiger partial charge in [-0.3, -0.25) is 0 Å². The maximum Gasteiger partial charge on any atom is 0.127 e. The number of halogens is 1. The van der Waals surface area contributed by atoms with E-state index in [-0.39, 0.29) is 0 Å². The fourth-order valence-electron chi connectivity index (χ4n) is 3.35. The van der Waals surface area contributed by atoms with Crippen molar-refractivity contribution in [3.8, 4) is 11.5 Å². The van der Waals surface area contributed by atoms with Crippen molar-refractivity contribution >= 4 is 17.3 Å². The van der Waals surface area contributed by atoms with E-state index in [2.05, 4.69) is 5.32 Å². The van der Waals surface area contributed by atoms with Crippen molar-refractivity contribution in [2.45, 2.75) is 26.5 Å². The van der Waals surface area contributed by atoms with Gasteiger partial charge in [0.25, 0.3) is 0 Å². The summed E-state index contributed by atoms with van der Waals surface area (Å²) in [4.78, 5) is 0. The molecule has 152 valence electrons. The number of nitrogens with one attached hydrogen (secondary N) is 1. The molecule has 4 nitrogen and oxygen atoms in total.